The van der Waals surface area contributed by atoms with Gasteiger partial charge in [0.05, 0.1) is 25.0 Å². The smallest absolute Gasteiger partial charge is 0.409 e. The van der Waals surface area contributed by atoms with Gasteiger partial charge in [-0.05, 0) is 46.1 Å². The van der Waals surface area contributed by atoms with Gasteiger partial charge in [0.2, 0.25) is 0 Å². The molecule has 0 radical (unpaired) electrons. The maximum Gasteiger partial charge on any atom is 0.409 e. The lowest BCUT2D eigenvalue weighted by Crippen LogP contribution is -2.58. The van der Waals surface area contributed by atoms with Gasteiger partial charge in [-0.1, -0.05) is 0 Å². The van der Waals surface area contributed by atoms with Gasteiger partial charge in [0.15, 0.2) is 0 Å². The Labute approximate surface area is 199 Å². The Morgan fingerprint density at radius 3 is 2.68 bits per heavy atom. The second-order valence-electron chi connectivity index (χ2n) is 10.1. The van der Waals surface area contributed by atoms with Crippen molar-refractivity contribution in [1.29, 1.82) is 0 Å². The predicted octanol–water partition coefficient (Wildman–Crippen LogP) is 3.19. The molecule has 1 unspecified atom stereocenters. The summed E-state index contributed by atoms with van der Waals surface area (Å²) in [7, 11) is 0. The fourth-order valence-electron chi connectivity index (χ4n) is 5.70. The standard InChI is InChI=1S/C24H34FN7O2/c1-4-34-23(33)31-15-24(16-31)6-5-19(12-24)29-7-9-30(10-8-29)22-20(11-18(25)13-26-22)21-14-27-32(28-21)17(2)3/h11,13-14,17,19H,4-10,12,15-16H2,1-3H3. The number of rotatable bonds is 5. The number of carbonyl (C=O) groups excluding carboxylic acids is 1. The van der Waals surface area contributed by atoms with Crippen molar-refractivity contribution in [2.45, 2.75) is 52.1 Å². The number of carbonyl (C=O) groups is 1. The molecule has 1 amide bonds. The first-order valence-corrected chi connectivity index (χ1v) is 12.4. The molecule has 3 fully saturated rings. The summed E-state index contributed by atoms with van der Waals surface area (Å²) in [5, 5.41) is 8.86. The molecule has 9 nitrogen and oxygen atoms in total. The van der Waals surface area contributed by atoms with Crippen LogP contribution in [0.3, 0.4) is 0 Å². The minimum absolute atomic E-state index is 0.136. The number of halogens is 1. The number of anilines is 1. The number of aromatic nitrogens is 4. The molecule has 3 aliphatic rings. The van der Waals surface area contributed by atoms with Crippen LogP contribution in [0.5, 0.6) is 0 Å². The van der Waals surface area contributed by atoms with Crippen molar-refractivity contribution >= 4 is 11.9 Å². The molecular weight excluding hydrogens is 437 g/mol. The topological polar surface area (TPSA) is 79.6 Å². The van der Waals surface area contributed by atoms with Crippen molar-refractivity contribution in [3.8, 4) is 11.3 Å². The van der Waals surface area contributed by atoms with E-state index in [1.165, 1.54) is 25.1 Å². The Morgan fingerprint density at radius 2 is 2.00 bits per heavy atom. The molecule has 1 aliphatic carbocycles. The summed E-state index contributed by atoms with van der Waals surface area (Å²) in [4.78, 5) is 24.7. The first kappa shape index (κ1) is 23.0. The van der Waals surface area contributed by atoms with E-state index >= 15 is 0 Å². The molecule has 1 spiro atoms. The number of amides is 1. The van der Waals surface area contributed by atoms with Crippen LogP contribution in [0.25, 0.3) is 11.3 Å². The molecule has 1 atom stereocenters. The number of hydrogen-bond donors (Lipinski definition) is 0. The minimum atomic E-state index is -0.370. The van der Waals surface area contributed by atoms with Crippen molar-refractivity contribution in [3.05, 3.63) is 24.3 Å². The third-order valence-corrected chi connectivity index (χ3v) is 7.46. The van der Waals surface area contributed by atoms with Crippen molar-refractivity contribution in [3.63, 3.8) is 0 Å². The van der Waals surface area contributed by atoms with E-state index in [2.05, 4.69) is 25.0 Å². The summed E-state index contributed by atoms with van der Waals surface area (Å²) in [5.74, 6) is 0.397. The molecule has 1 saturated carbocycles. The van der Waals surface area contributed by atoms with Crippen LogP contribution < -0.4 is 4.90 Å². The predicted molar refractivity (Wildman–Crippen MR) is 126 cm³/mol. The van der Waals surface area contributed by atoms with Gasteiger partial charge in [-0.15, -0.1) is 0 Å². The number of pyridine rings is 1. The molecular formula is C24H34FN7O2. The Kier molecular flexibility index (Phi) is 6.18. The average molecular weight is 472 g/mol. The molecule has 2 aliphatic heterocycles. The van der Waals surface area contributed by atoms with Crippen LogP contribution in [-0.2, 0) is 4.74 Å². The monoisotopic (exact) mass is 471 g/mol. The van der Waals surface area contributed by atoms with Gasteiger partial charge in [-0.25, -0.2) is 14.2 Å². The zero-order valence-corrected chi connectivity index (χ0v) is 20.3. The molecule has 34 heavy (non-hydrogen) atoms. The van der Waals surface area contributed by atoms with Crippen molar-refractivity contribution in [2.75, 3.05) is 50.8 Å². The summed E-state index contributed by atoms with van der Waals surface area (Å²) < 4.78 is 19.2. The summed E-state index contributed by atoms with van der Waals surface area (Å²) in [5.41, 5.74) is 1.60. The average Bonchev–Trinajstić information content (AvgIpc) is 3.47. The first-order chi connectivity index (χ1) is 16.4. The van der Waals surface area contributed by atoms with E-state index < -0.39 is 0 Å². The lowest BCUT2D eigenvalue weighted by molar-refractivity contribution is -0.00294. The highest BCUT2D eigenvalue weighted by molar-refractivity contribution is 5.72. The van der Waals surface area contributed by atoms with Crippen LogP contribution in [0.15, 0.2) is 18.5 Å². The summed E-state index contributed by atoms with van der Waals surface area (Å²) in [6.45, 7) is 11.5. The highest BCUT2D eigenvalue weighted by Crippen LogP contribution is 2.47. The number of ether oxygens (including phenoxy) is 1. The Hall–Kier alpha value is -2.75. The van der Waals surface area contributed by atoms with Crippen LogP contribution in [-0.4, -0.2) is 87.8 Å². The van der Waals surface area contributed by atoms with E-state index in [1.54, 1.807) is 11.0 Å². The maximum atomic E-state index is 14.1. The quantitative estimate of drug-likeness (QED) is 0.663. The SMILES string of the molecule is CCOC(=O)N1CC2(CCC(N3CCN(c4ncc(F)cc4-c4cnn(C(C)C)n4)CC3)C2)C1. The number of nitrogens with zero attached hydrogens (tertiary/aromatic N) is 7. The lowest BCUT2D eigenvalue weighted by Gasteiger charge is -2.48. The second kappa shape index (κ2) is 9.13. The van der Waals surface area contributed by atoms with E-state index in [4.69, 9.17) is 4.74 Å². The van der Waals surface area contributed by atoms with E-state index in [0.29, 0.717) is 23.9 Å². The molecule has 4 heterocycles. The molecule has 2 saturated heterocycles. The summed E-state index contributed by atoms with van der Waals surface area (Å²) in [6.07, 6.45) is 6.28. The van der Waals surface area contributed by atoms with E-state index in [0.717, 1.165) is 51.5 Å². The summed E-state index contributed by atoms with van der Waals surface area (Å²) >= 11 is 0. The highest BCUT2D eigenvalue weighted by Gasteiger charge is 2.51. The van der Waals surface area contributed by atoms with Crippen molar-refractivity contribution in [2.24, 2.45) is 5.41 Å². The van der Waals surface area contributed by atoms with Crippen molar-refractivity contribution in [1.82, 2.24) is 29.8 Å². The van der Waals surface area contributed by atoms with Gasteiger partial charge in [-0.3, -0.25) is 4.90 Å². The highest BCUT2D eigenvalue weighted by atomic mass is 19.1. The number of piperazine rings is 1. The van der Waals surface area contributed by atoms with E-state index in [-0.39, 0.29) is 23.4 Å². The Balaban J connectivity index is 1.21. The fourth-order valence-corrected chi connectivity index (χ4v) is 5.70. The zero-order valence-electron chi connectivity index (χ0n) is 20.3. The normalized spacial score (nSPS) is 22.4. The molecule has 5 rings (SSSR count). The number of hydrogen-bond acceptors (Lipinski definition) is 7. The van der Waals surface area contributed by atoms with Gasteiger partial charge >= 0.3 is 6.09 Å². The zero-order chi connectivity index (χ0) is 23.9. The van der Waals surface area contributed by atoms with Gasteiger partial charge < -0.3 is 14.5 Å². The molecule has 0 N–H and O–H groups in total. The van der Waals surface area contributed by atoms with Crippen LogP contribution in [0.4, 0.5) is 15.0 Å². The lowest BCUT2D eigenvalue weighted by atomic mass is 9.78. The minimum Gasteiger partial charge on any atom is -0.450 e. The van der Waals surface area contributed by atoms with Crippen LogP contribution in [0.1, 0.15) is 46.1 Å². The van der Waals surface area contributed by atoms with Crippen LogP contribution >= 0.6 is 0 Å². The molecule has 0 aromatic carbocycles. The number of likely N-dealkylation sites (tertiary alicyclic amines) is 1. The van der Waals surface area contributed by atoms with Crippen molar-refractivity contribution < 1.29 is 13.9 Å². The first-order valence-electron chi connectivity index (χ1n) is 12.4. The summed E-state index contributed by atoms with van der Waals surface area (Å²) in [6, 6.07) is 2.20. The largest absolute Gasteiger partial charge is 0.450 e. The fraction of sp³-hybridized carbons (Fsp3) is 0.667. The molecule has 184 valence electrons. The molecule has 0 bridgehead atoms. The Bertz CT molecular complexity index is 1030. The molecule has 2 aromatic heterocycles. The van der Waals surface area contributed by atoms with Crippen LogP contribution in [0, 0.1) is 11.2 Å². The van der Waals surface area contributed by atoms with Crippen LogP contribution in [0.2, 0.25) is 0 Å². The second-order valence-corrected chi connectivity index (χ2v) is 10.1. The van der Waals surface area contributed by atoms with E-state index in [9.17, 15) is 9.18 Å². The molecule has 10 heteroatoms. The van der Waals surface area contributed by atoms with Gasteiger partial charge in [0.25, 0.3) is 0 Å². The van der Waals surface area contributed by atoms with Gasteiger partial charge in [0.1, 0.15) is 17.3 Å². The van der Waals surface area contributed by atoms with Gasteiger partial charge in [0, 0.05) is 56.3 Å². The third-order valence-electron chi connectivity index (χ3n) is 7.46. The van der Waals surface area contributed by atoms with E-state index in [1.807, 2.05) is 25.7 Å². The third kappa shape index (κ3) is 4.35. The van der Waals surface area contributed by atoms with Gasteiger partial charge in [-0.2, -0.15) is 15.0 Å². The maximum absolute atomic E-state index is 14.1. The molecule has 2 aromatic rings. The Morgan fingerprint density at radius 1 is 1.24 bits per heavy atom.